The van der Waals surface area contributed by atoms with E-state index in [-0.39, 0.29) is 0 Å². The molecule has 0 unspecified atom stereocenters. The van der Waals surface area contributed by atoms with Gasteiger partial charge in [0.1, 0.15) is 0 Å². The monoisotopic (exact) mass is 157 g/mol. The summed E-state index contributed by atoms with van der Waals surface area (Å²) in [5, 5.41) is 8.21. The first-order chi connectivity index (χ1) is 5.27. The largest absolute Gasteiger partial charge is 0.478 e. The summed E-state index contributed by atoms with van der Waals surface area (Å²) in [5.41, 5.74) is 5.28. The van der Waals surface area contributed by atoms with Gasteiger partial charge in [-0.1, -0.05) is 12.5 Å². The molecule has 0 saturated carbocycles. The lowest BCUT2D eigenvalue weighted by atomic mass is 10.2. The van der Waals surface area contributed by atoms with Gasteiger partial charge in [0.2, 0.25) is 0 Å². The van der Waals surface area contributed by atoms with Gasteiger partial charge in [-0.05, 0) is 25.8 Å². The van der Waals surface area contributed by atoms with Gasteiger partial charge < -0.3 is 10.8 Å². The maximum atomic E-state index is 9.98. The molecule has 0 saturated heterocycles. The van der Waals surface area contributed by atoms with Gasteiger partial charge in [-0.25, -0.2) is 4.79 Å². The molecule has 0 heterocycles. The van der Waals surface area contributed by atoms with E-state index < -0.39 is 5.97 Å². The van der Waals surface area contributed by atoms with E-state index in [0.717, 1.165) is 32.2 Å². The predicted octanol–water partition coefficient (Wildman–Crippen LogP) is 1.15. The Bertz CT molecular complexity index is 132. The maximum absolute atomic E-state index is 9.98. The number of rotatable bonds is 6. The SMILES string of the molecule is NCCCCCC=CC(=O)O. The molecule has 0 atom stereocenters. The fourth-order valence-electron chi connectivity index (χ4n) is 0.767. The number of carboxylic acid groups (broad SMARTS) is 1. The summed E-state index contributed by atoms with van der Waals surface area (Å²) in [6, 6.07) is 0. The summed E-state index contributed by atoms with van der Waals surface area (Å²) < 4.78 is 0. The summed E-state index contributed by atoms with van der Waals surface area (Å²) in [6.45, 7) is 0.725. The van der Waals surface area contributed by atoms with Crippen LogP contribution in [0.25, 0.3) is 0 Å². The van der Waals surface area contributed by atoms with Crippen LogP contribution >= 0.6 is 0 Å². The number of carboxylic acids is 1. The van der Waals surface area contributed by atoms with Crippen molar-refractivity contribution in [3.63, 3.8) is 0 Å². The fourth-order valence-corrected chi connectivity index (χ4v) is 0.767. The molecule has 0 amide bonds. The highest BCUT2D eigenvalue weighted by Gasteiger charge is 1.86. The van der Waals surface area contributed by atoms with E-state index in [1.54, 1.807) is 6.08 Å². The Kier molecular flexibility index (Phi) is 6.73. The zero-order chi connectivity index (χ0) is 8.53. The second kappa shape index (κ2) is 7.28. The van der Waals surface area contributed by atoms with E-state index in [0.29, 0.717) is 0 Å². The Morgan fingerprint density at radius 1 is 1.36 bits per heavy atom. The van der Waals surface area contributed by atoms with Crippen molar-refractivity contribution < 1.29 is 9.90 Å². The molecule has 0 aromatic carbocycles. The normalized spacial score (nSPS) is 10.6. The van der Waals surface area contributed by atoms with E-state index in [4.69, 9.17) is 10.8 Å². The average Bonchev–Trinajstić information content (AvgIpc) is 1.96. The van der Waals surface area contributed by atoms with Crippen LogP contribution in [-0.4, -0.2) is 17.6 Å². The molecule has 0 spiro atoms. The Morgan fingerprint density at radius 3 is 2.64 bits per heavy atom. The van der Waals surface area contributed by atoms with E-state index >= 15 is 0 Å². The smallest absolute Gasteiger partial charge is 0.327 e. The maximum Gasteiger partial charge on any atom is 0.327 e. The molecular weight excluding hydrogens is 142 g/mol. The van der Waals surface area contributed by atoms with Crippen molar-refractivity contribution >= 4 is 5.97 Å². The molecule has 0 aliphatic rings. The summed E-state index contributed by atoms with van der Waals surface area (Å²) in [5.74, 6) is -0.871. The molecule has 0 aliphatic heterocycles. The van der Waals surface area contributed by atoms with Crippen molar-refractivity contribution in [2.45, 2.75) is 25.7 Å². The lowest BCUT2D eigenvalue weighted by Gasteiger charge is -1.92. The lowest BCUT2D eigenvalue weighted by molar-refractivity contribution is -0.131. The van der Waals surface area contributed by atoms with Crippen LogP contribution in [0.2, 0.25) is 0 Å². The third-order valence-corrected chi connectivity index (χ3v) is 1.34. The van der Waals surface area contributed by atoms with Gasteiger partial charge in [-0.3, -0.25) is 0 Å². The third kappa shape index (κ3) is 9.17. The molecule has 3 N–H and O–H groups in total. The van der Waals surface area contributed by atoms with Crippen LogP contribution in [-0.2, 0) is 4.79 Å². The third-order valence-electron chi connectivity index (χ3n) is 1.34. The van der Waals surface area contributed by atoms with Crippen molar-refractivity contribution in [2.24, 2.45) is 5.73 Å². The van der Waals surface area contributed by atoms with Crippen LogP contribution in [0.3, 0.4) is 0 Å². The van der Waals surface area contributed by atoms with Gasteiger partial charge in [0.25, 0.3) is 0 Å². The molecule has 3 nitrogen and oxygen atoms in total. The Labute approximate surface area is 66.9 Å². The van der Waals surface area contributed by atoms with Crippen molar-refractivity contribution in [1.82, 2.24) is 0 Å². The molecule has 64 valence electrons. The van der Waals surface area contributed by atoms with Crippen molar-refractivity contribution in [1.29, 1.82) is 0 Å². The molecule has 0 aliphatic carbocycles. The molecule has 0 bridgehead atoms. The van der Waals surface area contributed by atoms with E-state index in [1.165, 1.54) is 6.08 Å². The van der Waals surface area contributed by atoms with Crippen LogP contribution in [0.15, 0.2) is 12.2 Å². The number of unbranched alkanes of at least 4 members (excludes halogenated alkanes) is 3. The van der Waals surface area contributed by atoms with Crippen molar-refractivity contribution in [2.75, 3.05) is 6.54 Å². The zero-order valence-corrected chi connectivity index (χ0v) is 6.62. The minimum absolute atomic E-state index is 0.725. The number of nitrogens with two attached hydrogens (primary N) is 1. The van der Waals surface area contributed by atoms with Gasteiger partial charge in [0.05, 0.1) is 0 Å². The second-order valence-electron chi connectivity index (χ2n) is 2.38. The molecule has 0 aromatic heterocycles. The lowest BCUT2D eigenvalue weighted by Crippen LogP contribution is -1.97. The number of allylic oxidation sites excluding steroid dienone is 1. The summed E-state index contributed by atoms with van der Waals surface area (Å²) in [4.78, 5) is 9.98. The van der Waals surface area contributed by atoms with Gasteiger partial charge in [-0.15, -0.1) is 0 Å². The number of hydrogen-bond donors (Lipinski definition) is 2. The molecule has 0 rings (SSSR count). The Morgan fingerprint density at radius 2 is 2.09 bits per heavy atom. The van der Waals surface area contributed by atoms with Crippen LogP contribution < -0.4 is 5.73 Å². The topological polar surface area (TPSA) is 63.3 Å². The quantitative estimate of drug-likeness (QED) is 0.449. The van der Waals surface area contributed by atoms with Crippen LogP contribution in [0.4, 0.5) is 0 Å². The van der Waals surface area contributed by atoms with Crippen LogP contribution in [0.1, 0.15) is 25.7 Å². The molecule has 0 radical (unpaired) electrons. The first kappa shape index (κ1) is 10.2. The summed E-state index contributed by atoms with van der Waals surface area (Å²) in [6.07, 6.45) is 6.84. The highest BCUT2D eigenvalue weighted by molar-refractivity contribution is 5.79. The van der Waals surface area contributed by atoms with Gasteiger partial charge in [-0.2, -0.15) is 0 Å². The molecular formula is C8H15NO2. The molecule has 0 fully saturated rings. The predicted molar refractivity (Wildman–Crippen MR) is 44.3 cm³/mol. The summed E-state index contributed by atoms with van der Waals surface area (Å²) >= 11 is 0. The van der Waals surface area contributed by atoms with Gasteiger partial charge in [0, 0.05) is 6.08 Å². The fraction of sp³-hybridized carbons (Fsp3) is 0.625. The standard InChI is InChI=1S/C8H15NO2/c9-7-5-3-1-2-4-6-8(10)11/h4,6H,1-3,5,7,9H2,(H,10,11). The highest BCUT2D eigenvalue weighted by atomic mass is 16.4. The molecule has 11 heavy (non-hydrogen) atoms. The zero-order valence-electron chi connectivity index (χ0n) is 6.62. The van der Waals surface area contributed by atoms with Crippen molar-refractivity contribution in [3.8, 4) is 0 Å². The number of aliphatic carboxylic acids is 1. The second-order valence-corrected chi connectivity index (χ2v) is 2.38. The number of carbonyl (C=O) groups is 1. The van der Waals surface area contributed by atoms with Gasteiger partial charge >= 0.3 is 5.97 Å². The number of hydrogen-bond acceptors (Lipinski definition) is 2. The summed E-state index contributed by atoms with van der Waals surface area (Å²) in [7, 11) is 0. The van der Waals surface area contributed by atoms with Crippen molar-refractivity contribution in [3.05, 3.63) is 12.2 Å². The first-order valence-corrected chi connectivity index (χ1v) is 3.87. The molecule has 0 aromatic rings. The van der Waals surface area contributed by atoms with E-state index in [2.05, 4.69) is 0 Å². The Balaban J connectivity index is 3.07. The molecule has 3 heteroatoms. The van der Waals surface area contributed by atoms with Gasteiger partial charge in [0.15, 0.2) is 0 Å². The highest BCUT2D eigenvalue weighted by Crippen LogP contribution is 1.98. The van der Waals surface area contributed by atoms with Crippen LogP contribution in [0.5, 0.6) is 0 Å². The minimum Gasteiger partial charge on any atom is -0.478 e. The van der Waals surface area contributed by atoms with Crippen LogP contribution in [0, 0.1) is 0 Å². The van der Waals surface area contributed by atoms with E-state index in [1.807, 2.05) is 0 Å². The van der Waals surface area contributed by atoms with E-state index in [9.17, 15) is 4.79 Å². The minimum atomic E-state index is -0.871. The Hall–Kier alpha value is -0.830. The first-order valence-electron chi connectivity index (χ1n) is 3.87. The average molecular weight is 157 g/mol.